The van der Waals surface area contributed by atoms with Crippen molar-refractivity contribution >= 4 is 0 Å². The number of rotatable bonds is 2. The molecule has 26 heavy (non-hydrogen) atoms. The Morgan fingerprint density at radius 3 is 1.50 bits per heavy atom. The first-order chi connectivity index (χ1) is 12.7. The van der Waals surface area contributed by atoms with E-state index in [0.29, 0.717) is 10.8 Å². The van der Waals surface area contributed by atoms with Gasteiger partial charge in [0.25, 0.3) is 0 Å². The molecule has 8 bridgehead atoms. The van der Waals surface area contributed by atoms with Crippen LogP contribution in [0.4, 0.5) is 0 Å². The van der Waals surface area contributed by atoms with Crippen LogP contribution in [0.2, 0.25) is 0 Å². The summed E-state index contributed by atoms with van der Waals surface area (Å²) in [6, 6.07) is 4.83. The van der Waals surface area contributed by atoms with Gasteiger partial charge in [-0.15, -0.1) is 0 Å². The zero-order chi connectivity index (χ0) is 16.9. The Morgan fingerprint density at radius 2 is 1.04 bits per heavy atom. The predicted molar refractivity (Wildman–Crippen MR) is 104 cm³/mol. The average Bonchev–Trinajstić information content (AvgIpc) is 2.59. The second-order valence-corrected chi connectivity index (χ2v) is 11.8. The molecule has 1 aromatic rings. The van der Waals surface area contributed by atoms with Gasteiger partial charge in [0.05, 0.1) is 5.69 Å². The van der Waals surface area contributed by atoms with Crippen LogP contribution in [0.5, 0.6) is 0 Å². The van der Waals surface area contributed by atoms with Gasteiger partial charge in [-0.25, -0.2) is 0 Å². The minimum Gasteiger partial charge on any atom is -0.260 e. The van der Waals surface area contributed by atoms with Crippen molar-refractivity contribution in [1.82, 2.24) is 4.98 Å². The average molecular weight is 348 g/mol. The van der Waals surface area contributed by atoms with Crippen molar-refractivity contribution in [3.63, 3.8) is 0 Å². The van der Waals surface area contributed by atoms with Crippen LogP contribution in [0.3, 0.4) is 0 Å². The van der Waals surface area contributed by atoms with Crippen LogP contribution in [-0.2, 0) is 10.8 Å². The molecule has 0 amide bonds. The molecular weight excluding hydrogens is 314 g/mol. The molecule has 1 nitrogen and oxygen atoms in total. The summed E-state index contributed by atoms with van der Waals surface area (Å²) in [5.74, 6) is 6.16. The topological polar surface area (TPSA) is 12.9 Å². The van der Waals surface area contributed by atoms with Gasteiger partial charge in [-0.1, -0.05) is 6.07 Å². The maximum Gasteiger partial charge on any atom is 0.0503 e. The maximum atomic E-state index is 5.23. The van der Waals surface area contributed by atoms with E-state index in [2.05, 4.69) is 18.3 Å². The summed E-state index contributed by atoms with van der Waals surface area (Å²) in [4.78, 5) is 5.23. The molecule has 0 radical (unpaired) electrons. The number of pyridine rings is 1. The third kappa shape index (κ3) is 1.96. The molecule has 9 rings (SSSR count). The molecule has 8 fully saturated rings. The summed E-state index contributed by atoms with van der Waals surface area (Å²) in [5, 5.41) is 0. The van der Waals surface area contributed by atoms with Crippen LogP contribution in [-0.4, -0.2) is 4.98 Å². The number of hydrogen-bond acceptors (Lipinski definition) is 1. The number of aromatic nitrogens is 1. The van der Waals surface area contributed by atoms with Crippen molar-refractivity contribution in [3.8, 4) is 0 Å². The van der Waals surface area contributed by atoms with Crippen LogP contribution >= 0.6 is 0 Å². The van der Waals surface area contributed by atoms with Gasteiger partial charge < -0.3 is 0 Å². The first-order valence-electron chi connectivity index (χ1n) is 11.7. The largest absolute Gasteiger partial charge is 0.260 e. The third-order valence-electron chi connectivity index (χ3n) is 9.96. The fraction of sp³-hybridized carbons (Fsp3) is 0.800. The molecule has 8 aliphatic carbocycles. The van der Waals surface area contributed by atoms with Gasteiger partial charge in [0.1, 0.15) is 0 Å². The van der Waals surface area contributed by atoms with Crippen molar-refractivity contribution in [2.45, 2.75) is 87.9 Å². The van der Waals surface area contributed by atoms with E-state index >= 15 is 0 Å². The summed E-state index contributed by atoms with van der Waals surface area (Å²) in [5.41, 5.74) is 4.35. The SMILES string of the molecule is c1cnc(C23CC4CC(CC(C4)C2)C3)c(C23CC4CC(CC(C4)C2)C3)c1. The standard InChI is InChI=1S/C25H33N/c1-2-22(24-10-16-4-17(11-24)6-18(5-16)12-24)23(26-3-1)25-13-19-7-20(14-25)9-21(8-19)15-25/h1-3,16-21H,4-15H2. The zero-order valence-electron chi connectivity index (χ0n) is 16.1. The van der Waals surface area contributed by atoms with E-state index in [1.54, 1.807) is 30.5 Å². The molecule has 0 saturated heterocycles. The highest BCUT2D eigenvalue weighted by Crippen LogP contribution is 2.65. The monoisotopic (exact) mass is 347 g/mol. The molecule has 0 aromatic carbocycles. The Balaban J connectivity index is 1.36. The highest BCUT2D eigenvalue weighted by Gasteiger charge is 2.57. The van der Waals surface area contributed by atoms with E-state index in [9.17, 15) is 0 Å². The summed E-state index contributed by atoms with van der Waals surface area (Å²) in [6.45, 7) is 0. The Kier molecular flexibility index (Phi) is 2.88. The Morgan fingerprint density at radius 1 is 0.615 bits per heavy atom. The number of nitrogens with zero attached hydrogens (tertiary/aromatic N) is 1. The molecule has 1 aromatic heterocycles. The van der Waals surface area contributed by atoms with Gasteiger partial charge in [-0.3, -0.25) is 4.98 Å². The third-order valence-corrected chi connectivity index (χ3v) is 9.96. The quantitative estimate of drug-likeness (QED) is 0.637. The van der Waals surface area contributed by atoms with Crippen molar-refractivity contribution in [3.05, 3.63) is 29.6 Å². The van der Waals surface area contributed by atoms with Crippen molar-refractivity contribution < 1.29 is 0 Å². The minimum atomic E-state index is 0.467. The summed E-state index contributed by atoms with van der Waals surface area (Å²) in [7, 11) is 0. The van der Waals surface area contributed by atoms with Crippen molar-refractivity contribution in [2.75, 3.05) is 0 Å². The molecule has 0 atom stereocenters. The van der Waals surface area contributed by atoms with E-state index in [1.807, 2.05) is 0 Å². The molecule has 138 valence electrons. The molecule has 8 saturated carbocycles. The van der Waals surface area contributed by atoms with Crippen LogP contribution < -0.4 is 0 Å². The predicted octanol–water partition coefficient (Wildman–Crippen LogP) is 6.02. The Bertz CT molecular complexity index is 613. The van der Waals surface area contributed by atoms with E-state index in [4.69, 9.17) is 4.98 Å². The van der Waals surface area contributed by atoms with Crippen LogP contribution in [0.1, 0.15) is 88.3 Å². The molecule has 0 unspecified atom stereocenters. The first-order valence-corrected chi connectivity index (χ1v) is 11.7. The van der Waals surface area contributed by atoms with Gasteiger partial charge in [0.2, 0.25) is 0 Å². The number of hydrogen-bond donors (Lipinski definition) is 0. The Hall–Kier alpha value is -0.850. The van der Waals surface area contributed by atoms with Crippen LogP contribution in [0, 0.1) is 35.5 Å². The van der Waals surface area contributed by atoms with Crippen LogP contribution in [0.15, 0.2) is 18.3 Å². The lowest BCUT2D eigenvalue weighted by Crippen LogP contribution is -2.52. The van der Waals surface area contributed by atoms with E-state index in [-0.39, 0.29) is 0 Å². The summed E-state index contributed by atoms with van der Waals surface area (Å²) >= 11 is 0. The lowest BCUT2D eigenvalue weighted by atomic mass is 9.45. The summed E-state index contributed by atoms with van der Waals surface area (Å²) < 4.78 is 0. The molecule has 1 heteroatoms. The van der Waals surface area contributed by atoms with E-state index < -0.39 is 0 Å². The molecule has 8 aliphatic rings. The van der Waals surface area contributed by atoms with Gasteiger partial charge in [-0.2, -0.15) is 0 Å². The van der Waals surface area contributed by atoms with Gasteiger partial charge >= 0.3 is 0 Å². The minimum absolute atomic E-state index is 0.467. The van der Waals surface area contributed by atoms with Gasteiger partial charge in [0.15, 0.2) is 0 Å². The highest BCUT2D eigenvalue weighted by atomic mass is 14.8. The zero-order valence-corrected chi connectivity index (χ0v) is 16.1. The Labute approximate surface area is 158 Å². The fourth-order valence-corrected chi connectivity index (χ4v) is 10.1. The van der Waals surface area contributed by atoms with Gasteiger partial charge in [0, 0.05) is 11.6 Å². The second-order valence-electron chi connectivity index (χ2n) is 11.8. The molecular formula is C25H33N. The second kappa shape index (κ2) is 4.95. The molecule has 0 N–H and O–H groups in total. The fourth-order valence-electron chi connectivity index (χ4n) is 10.1. The summed E-state index contributed by atoms with van der Waals surface area (Å²) in [6.07, 6.45) is 20.3. The van der Waals surface area contributed by atoms with Crippen LogP contribution in [0.25, 0.3) is 0 Å². The molecule has 0 spiro atoms. The van der Waals surface area contributed by atoms with E-state index in [0.717, 1.165) is 35.5 Å². The highest BCUT2D eigenvalue weighted by molar-refractivity contribution is 5.39. The normalized spacial score (nSPS) is 53.4. The lowest BCUT2D eigenvalue weighted by Gasteiger charge is -2.60. The van der Waals surface area contributed by atoms with Crippen molar-refractivity contribution in [1.29, 1.82) is 0 Å². The lowest BCUT2D eigenvalue weighted by molar-refractivity contribution is -0.0191. The first kappa shape index (κ1) is 15.1. The smallest absolute Gasteiger partial charge is 0.0503 e. The molecule has 1 heterocycles. The van der Waals surface area contributed by atoms with Crippen molar-refractivity contribution in [2.24, 2.45) is 35.5 Å². The van der Waals surface area contributed by atoms with Gasteiger partial charge in [-0.05, 0) is 130 Å². The maximum absolute atomic E-state index is 5.23. The van der Waals surface area contributed by atoms with E-state index in [1.165, 1.54) is 57.8 Å². The molecule has 0 aliphatic heterocycles.